The highest BCUT2D eigenvalue weighted by atomic mass is 16.5. The first kappa shape index (κ1) is 14.3. The Labute approximate surface area is 129 Å². The van der Waals surface area contributed by atoms with Gasteiger partial charge in [0.15, 0.2) is 0 Å². The molecule has 1 heterocycles. The largest absolute Gasteiger partial charge is 0.494 e. The summed E-state index contributed by atoms with van der Waals surface area (Å²) in [6, 6.07) is 14.7. The third-order valence-corrected chi connectivity index (χ3v) is 3.62. The lowest BCUT2D eigenvalue weighted by Crippen LogP contribution is -2.29. The molecule has 0 spiro atoms. The van der Waals surface area contributed by atoms with Crippen molar-refractivity contribution in [1.82, 2.24) is 0 Å². The Morgan fingerprint density at radius 1 is 1.00 bits per heavy atom. The number of para-hydroxylation sites is 1. The van der Waals surface area contributed by atoms with Gasteiger partial charge in [0.05, 0.1) is 24.4 Å². The Morgan fingerprint density at radius 3 is 2.45 bits per heavy atom. The van der Waals surface area contributed by atoms with E-state index in [9.17, 15) is 9.59 Å². The van der Waals surface area contributed by atoms with E-state index in [0.29, 0.717) is 24.4 Å². The zero-order valence-electron chi connectivity index (χ0n) is 12.4. The molecule has 0 atom stereocenters. The van der Waals surface area contributed by atoms with Gasteiger partial charge in [-0.05, 0) is 36.2 Å². The maximum absolute atomic E-state index is 12.1. The summed E-state index contributed by atoms with van der Waals surface area (Å²) in [4.78, 5) is 25.6. The summed E-state index contributed by atoms with van der Waals surface area (Å²) in [5.41, 5.74) is 2.13. The van der Waals surface area contributed by atoms with E-state index in [2.05, 4.69) is 6.92 Å². The number of carbonyl (C=O) groups excluding carboxylic acids is 2. The highest BCUT2D eigenvalue weighted by Gasteiger charge is 2.35. The van der Waals surface area contributed by atoms with Crippen molar-refractivity contribution in [3.63, 3.8) is 0 Å². The minimum atomic E-state index is -0.465. The summed E-state index contributed by atoms with van der Waals surface area (Å²) in [6.45, 7) is 3.13. The Bertz CT molecular complexity index is 707. The number of ketones is 1. The van der Waals surface area contributed by atoms with E-state index in [0.717, 1.165) is 17.7 Å². The van der Waals surface area contributed by atoms with Crippen molar-refractivity contribution < 1.29 is 14.3 Å². The molecule has 1 amide bonds. The molecule has 0 saturated carbocycles. The lowest BCUT2D eigenvalue weighted by molar-refractivity contribution is -0.114. The van der Waals surface area contributed by atoms with Gasteiger partial charge in [-0.3, -0.25) is 9.59 Å². The second-order valence-corrected chi connectivity index (χ2v) is 5.23. The summed E-state index contributed by atoms with van der Waals surface area (Å²) in [7, 11) is 0. The predicted octanol–water partition coefficient (Wildman–Crippen LogP) is 3.20. The SMILES string of the molecule is CCCOc1ccc(CN2C(=O)C(=O)c3ccccc32)cc1. The second kappa shape index (κ2) is 6.02. The van der Waals surface area contributed by atoms with Gasteiger partial charge >= 0.3 is 0 Å². The normalized spacial score (nSPS) is 13.4. The van der Waals surface area contributed by atoms with Crippen LogP contribution in [-0.2, 0) is 11.3 Å². The monoisotopic (exact) mass is 295 g/mol. The standard InChI is InChI=1S/C18H17NO3/c1-2-11-22-14-9-7-13(8-10-14)12-19-16-6-4-3-5-15(16)17(20)18(19)21/h3-10H,2,11-12H2,1H3. The van der Waals surface area contributed by atoms with Crippen LogP contribution in [-0.4, -0.2) is 18.3 Å². The number of hydrogen-bond donors (Lipinski definition) is 0. The highest BCUT2D eigenvalue weighted by Crippen LogP contribution is 2.30. The number of amides is 1. The van der Waals surface area contributed by atoms with E-state index in [1.165, 1.54) is 4.90 Å². The molecular formula is C18H17NO3. The highest BCUT2D eigenvalue weighted by molar-refractivity contribution is 6.52. The molecule has 1 aliphatic rings. The van der Waals surface area contributed by atoms with Crippen molar-refractivity contribution in [3.8, 4) is 5.75 Å². The molecule has 0 fully saturated rings. The molecule has 4 heteroatoms. The quantitative estimate of drug-likeness (QED) is 0.796. The Balaban J connectivity index is 1.78. The van der Waals surface area contributed by atoms with E-state index in [4.69, 9.17) is 4.74 Å². The van der Waals surface area contributed by atoms with Crippen LogP contribution in [0, 0.1) is 0 Å². The van der Waals surface area contributed by atoms with Gasteiger partial charge in [-0.2, -0.15) is 0 Å². The van der Waals surface area contributed by atoms with Gasteiger partial charge in [0.1, 0.15) is 5.75 Å². The van der Waals surface area contributed by atoms with Crippen LogP contribution < -0.4 is 9.64 Å². The van der Waals surface area contributed by atoms with Gasteiger partial charge < -0.3 is 9.64 Å². The van der Waals surface area contributed by atoms with E-state index < -0.39 is 11.7 Å². The molecule has 1 aliphatic heterocycles. The van der Waals surface area contributed by atoms with Crippen molar-refractivity contribution in [2.24, 2.45) is 0 Å². The molecule has 0 bridgehead atoms. The van der Waals surface area contributed by atoms with Gasteiger partial charge in [-0.1, -0.05) is 31.2 Å². The maximum Gasteiger partial charge on any atom is 0.299 e. The second-order valence-electron chi connectivity index (χ2n) is 5.23. The molecule has 0 saturated heterocycles. The van der Waals surface area contributed by atoms with Gasteiger partial charge in [-0.15, -0.1) is 0 Å². The number of ether oxygens (including phenoxy) is 1. The molecule has 22 heavy (non-hydrogen) atoms. The van der Waals surface area contributed by atoms with Crippen LogP contribution in [0.3, 0.4) is 0 Å². The number of rotatable bonds is 5. The van der Waals surface area contributed by atoms with Crippen LogP contribution in [0.5, 0.6) is 5.75 Å². The van der Waals surface area contributed by atoms with Crippen LogP contribution in [0.1, 0.15) is 29.3 Å². The Morgan fingerprint density at radius 2 is 1.73 bits per heavy atom. The van der Waals surface area contributed by atoms with Crippen LogP contribution >= 0.6 is 0 Å². The summed E-state index contributed by atoms with van der Waals surface area (Å²) >= 11 is 0. The zero-order valence-corrected chi connectivity index (χ0v) is 12.4. The number of benzene rings is 2. The molecule has 0 radical (unpaired) electrons. The first-order valence-electron chi connectivity index (χ1n) is 7.37. The summed E-state index contributed by atoms with van der Waals surface area (Å²) in [5.74, 6) is -0.0826. The van der Waals surface area contributed by atoms with Crippen molar-refractivity contribution in [1.29, 1.82) is 0 Å². The third-order valence-electron chi connectivity index (χ3n) is 3.62. The van der Waals surface area contributed by atoms with Crippen molar-refractivity contribution in [2.75, 3.05) is 11.5 Å². The molecule has 0 N–H and O–H groups in total. The van der Waals surface area contributed by atoms with Crippen LogP contribution in [0.15, 0.2) is 48.5 Å². The van der Waals surface area contributed by atoms with Crippen LogP contribution in [0.2, 0.25) is 0 Å². The number of fused-ring (bicyclic) bond motifs is 1. The number of carbonyl (C=O) groups is 2. The predicted molar refractivity (Wildman–Crippen MR) is 84.2 cm³/mol. The lowest BCUT2D eigenvalue weighted by atomic mass is 10.1. The smallest absolute Gasteiger partial charge is 0.299 e. The first-order valence-corrected chi connectivity index (χ1v) is 7.37. The molecule has 0 aromatic heterocycles. The van der Waals surface area contributed by atoms with E-state index >= 15 is 0 Å². The summed E-state index contributed by atoms with van der Waals surface area (Å²) in [5, 5.41) is 0. The molecule has 2 aromatic carbocycles. The Hall–Kier alpha value is -2.62. The number of Topliss-reactive ketones (excluding diaryl/α,β-unsaturated/α-hetero) is 1. The number of anilines is 1. The average Bonchev–Trinajstić information content (AvgIpc) is 2.80. The van der Waals surface area contributed by atoms with Gasteiger partial charge in [0.2, 0.25) is 0 Å². The minimum Gasteiger partial charge on any atom is -0.494 e. The summed E-state index contributed by atoms with van der Waals surface area (Å²) in [6.07, 6.45) is 0.961. The third kappa shape index (κ3) is 2.60. The van der Waals surface area contributed by atoms with E-state index in [-0.39, 0.29) is 0 Å². The van der Waals surface area contributed by atoms with Gasteiger partial charge in [-0.25, -0.2) is 0 Å². The van der Waals surface area contributed by atoms with Gasteiger partial charge in [0.25, 0.3) is 11.7 Å². The number of hydrogen-bond acceptors (Lipinski definition) is 3. The fraction of sp³-hybridized carbons (Fsp3) is 0.222. The molecular weight excluding hydrogens is 278 g/mol. The first-order chi connectivity index (χ1) is 10.7. The Kier molecular flexibility index (Phi) is 3.92. The molecule has 0 unspecified atom stereocenters. The maximum atomic E-state index is 12.1. The molecule has 2 aromatic rings. The average molecular weight is 295 g/mol. The molecule has 112 valence electrons. The molecule has 0 aliphatic carbocycles. The van der Waals surface area contributed by atoms with E-state index in [1.54, 1.807) is 18.2 Å². The molecule has 3 rings (SSSR count). The van der Waals surface area contributed by atoms with Crippen molar-refractivity contribution in [3.05, 3.63) is 59.7 Å². The topological polar surface area (TPSA) is 46.6 Å². The fourth-order valence-corrected chi connectivity index (χ4v) is 2.50. The number of nitrogens with zero attached hydrogens (tertiary/aromatic N) is 1. The summed E-state index contributed by atoms with van der Waals surface area (Å²) < 4.78 is 5.54. The van der Waals surface area contributed by atoms with Crippen molar-refractivity contribution in [2.45, 2.75) is 19.9 Å². The van der Waals surface area contributed by atoms with Gasteiger partial charge in [0, 0.05) is 0 Å². The zero-order chi connectivity index (χ0) is 15.5. The van der Waals surface area contributed by atoms with Crippen LogP contribution in [0.4, 0.5) is 5.69 Å². The lowest BCUT2D eigenvalue weighted by Gasteiger charge is -2.16. The van der Waals surface area contributed by atoms with Crippen LogP contribution in [0.25, 0.3) is 0 Å². The molecule has 4 nitrogen and oxygen atoms in total. The minimum absolute atomic E-state index is 0.385. The van der Waals surface area contributed by atoms with Crippen molar-refractivity contribution >= 4 is 17.4 Å². The fourth-order valence-electron chi connectivity index (χ4n) is 2.50. The van der Waals surface area contributed by atoms with E-state index in [1.807, 2.05) is 30.3 Å².